The van der Waals surface area contributed by atoms with Crippen LogP contribution in [0.2, 0.25) is 0 Å². The van der Waals surface area contributed by atoms with Gasteiger partial charge in [-0.15, -0.1) is 0 Å². The van der Waals surface area contributed by atoms with E-state index in [9.17, 15) is 0 Å². The monoisotopic (exact) mass is 260 g/mol. The molecular formula is C13H16N4O2. The summed E-state index contributed by atoms with van der Waals surface area (Å²) >= 11 is 0. The molecule has 1 heterocycles. The van der Waals surface area contributed by atoms with E-state index in [0.717, 1.165) is 17.1 Å². The highest BCUT2D eigenvalue weighted by Gasteiger charge is 2.05. The van der Waals surface area contributed by atoms with E-state index in [2.05, 4.69) is 15.3 Å². The number of hydrogen-bond donors (Lipinski definition) is 2. The van der Waals surface area contributed by atoms with E-state index in [1.54, 1.807) is 20.3 Å². The number of nitrogen functional groups attached to an aromatic ring is 1. The van der Waals surface area contributed by atoms with Gasteiger partial charge in [-0.25, -0.2) is 9.97 Å². The highest BCUT2D eigenvalue weighted by atomic mass is 16.5. The highest BCUT2D eigenvalue weighted by Crippen LogP contribution is 2.25. The van der Waals surface area contributed by atoms with Crippen LogP contribution in [0, 0.1) is 0 Å². The number of nitrogens with two attached hydrogens (primary N) is 1. The Morgan fingerprint density at radius 1 is 1.16 bits per heavy atom. The molecule has 0 bridgehead atoms. The van der Waals surface area contributed by atoms with Gasteiger partial charge in [0.15, 0.2) is 0 Å². The minimum Gasteiger partial charge on any atom is -0.497 e. The van der Waals surface area contributed by atoms with Crippen LogP contribution in [0.25, 0.3) is 0 Å². The maximum absolute atomic E-state index is 5.59. The SMILES string of the molecule is COc1ccc(CNc2cc(N)ncn2)c(OC)c1. The van der Waals surface area contributed by atoms with Gasteiger partial charge in [-0.2, -0.15) is 0 Å². The lowest BCUT2D eigenvalue weighted by Gasteiger charge is -2.11. The van der Waals surface area contributed by atoms with Crippen LogP contribution in [0.1, 0.15) is 5.56 Å². The summed E-state index contributed by atoms with van der Waals surface area (Å²) in [6, 6.07) is 7.34. The number of nitrogens with zero attached hydrogens (tertiary/aromatic N) is 2. The van der Waals surface area contributed by atoms with E-state index in [4.69, 9.17) is 15.2 Å². The predicted octanol–water partition coefficient (Wildman–Crippen LogP) is 1.69. The Hall–Kier alpha value is -2.50. The first-order valence-electron chi connectivity index (χ1n) is 5.75. The molecule has 0 radical (unpaired) electrons. The molecule has 2 rings (SSSR count). The third kappa shape index (κ3) is 3.25. The van der Waals surface area contributed by atoms with Crippen molar-refractivity contribution in [1.29, 1.82) is 0 Å². The lowest BCUT2D eigenvalue weighted by molar-refractivity contribution is 0.391. The molecule has 6 heteroatoms. The molecule has 0 fully saturated rings. The van der Waals surface area contributed by atoms with Crippen LogP contribution in [0.15, 0.2) is 30.6 Å². The van der Waals surface area contributed by atoms with Crippen molar-refractivity contribution in [3.05, 3.63) is 36.2 Å². The number of rotatable bonds is 5. The lowest BCUT2D eigenvalue weighted by atomic mass is 10.2. The molecule has 0 saturated carbocycles. The van der Waals surface area contributed by atoms with Gasteiger partial charge in [0.25, 0.3) is 0 Å². The van der Waals surface area contributed by atoms with Gasteiger partial charge in [-0.3, -0.25) is 0 Å². The van der Waals surface area contributed by atoms with Crippen molar-refractivity contribution < 1.29 is 9.47 Å². The third-order valence-corrected chi connectivity index (χ3v) is 2.64. The number of methoxy groups -OCH3 is 2. The summed E-state index contributed by atoms with van der Waals surface area (Å²) in [5.74, 6) is 2.62. The van der Waals surface area contributed by atoms with Gasteiger partial charge in [-0.05, 0) is 12.1 Å². The number of hydrogen-bond acceptors (Lipinski definition) is 6. The van der Waals surface area contributed by atoms with Crippen molar-refractivity contribution in [2.24, 2.45) is 0 Å². The van der Waals surface area contributed by atoms with Gasteiger partial charge in [-0.1, -0.05) is 0 Å². The van der Waals surface area contributed by atoms with E-state index in [-0.39, 0.29) is 0 Å². The molecule has 0 aliphatic rings. The zero-order chi connectivity index (χ0) is 13.7. The molecule has 0 spiro atoms. The Labute approximate surface area is 111 Å². The fourth-order valence-corrected chi connectivity index (χ4v) is 1.65. The molecular weight excluding hydrogens is 244 g/mol. The standard InChI is InChI=1S/C13H16N4O2/c1-18-10-4-3-9(11(5-10)19-2)7-15-13-6-12(14)16-8-17-13/h3-6,8H,7H2,1-2H3,(H3,14,15,16,17). The molecule has 1 aromatic heterocycles. The van der Waals surface area contributed by atoms with Crippen LogP contribution in [0.5, 0.6) is 11.5 Å². The molecule has 19 heavy (non-hydrogen) atoms. The van der Waals surface area contributed by atoms with E-state index in [1.807, 2.05) is 18.2 Å². The van der Waals surface area contributed by atoms with Crippen molar-refractivity contribution in [1.82, 2.24) is 9.97 Å². The largest absolute Gasteiger partial charge is 0.497 e. The number of benzene rings is 1. The number of ether oxygens (including phenoxy) is 2. The van der Waals surface area contributed by atoms with Crippen molar-refractivity contribution in [2.75, 3.05) is 25.3 Å². The maximum Gasteiger partial charge on any atom is 0.131 e. The van der Waals surface area contributed by atoms with Gasteiger partial charge in [0, 0.05) is 24.2 Å². The molecule has 100 valence electrons. The topological polar surface area (TPSA) is 82.3 Å². The molecule has 0 aliphatic heterocycles. The summed E-state index contributed by atoms with van der Waals surface area (Å²) in [6.07, 6.45) is 1.42. The van der Waals surface area contributed by atoms with Crippen LogP contribution in [0.4, 0.5) is 11.6 Å². The second-order valence-electron chi connectivity index (χ2n) is 3.86. The summed E-state index contributed by atoms with van der Waals surface area (Å²) in [6.45, 7) is 0.573. The van der Waals surface area contributed by atoms with E-state index >= 15 is 0 Å². The van der Waals surface area contributed by atoms with Gasteiger partial charge < -0.3 is 20.5 Å². The quantitative estimate of drug-likeness (QED) is 0.851. The second kappa shape index (κ2) is 5.90. The van der Waals surface area contributed by atoms with E-state index < -0.39 is 0 Å². The number of nitrogens with one attached hydrogen (secondary N) is 1. The highest BCUT2D eigenvalue weighted by molar-refractivity contribution is 5.46. The molecule has 0 saturated heterocycles. The zero-order valence-electron chi connectivity index (χ0n) is 10.9. The fraction of sp³-hybridized carbons (Fsp3) is 0.231. The molecule has 0 amide bonds. The first-order valence-corrected chi connectivity index (χ1v) is 5.75. The van der Waals surface area contributed by atoms with Crippen molar-refractivity contribution in [2.45, 2.75) is 6.54 Å². The summed E-state index contributed by atoms with van der Waals surface area (Å²) in [5.41, 5.74) is 6.59. The van der Waals surface area contributed by atoms with Crippen LogP contribution >= 0.6 is 0 Å². The Balaban J connectivity index is 2.11. The number of aromatic nitrogens is 2. The van der Waals surface area contributed by atoms with Crippen molar-refractivity contribution >= 4 is 11.6 Å². The summed E-state index contributed by atoms with van der Waals surface area (Å²) in [5, 5.41) is 3.16. The van der Waals surface area contributed by atoms with E-state index in [1.165, 1.54) is 6.33 Å². The average Bonchev–Trinajstić information content (AvgIpc) is 2.45. The third-order valence-electron chi connectivity index (χ3n) is 2.64. The Morgan fingerprint density at radius 2 is 2.00 bits per heavy atom. The minimum atomic E-state index is 0.430. The van der Waals surface area contributed by atoms with E-state index in [0.29, 0.717) is 18.2 Å². The first-order chi connectivity index (χ1) is 9.22. The van der Waals surface area contributed by atoms with Crippen molar-refractivity contribution in [3.63, 3.8) is 0 Å². The second-order valence-corrected chi connectivity index (χ2v) is 3.86. The molecule has 0 aliphatic carbocycles. The molecule has 3 N–H and O–H groups in total. The summed E-state index contributed by atoms with van der Waals surface area (Å²) < 4.78 is 10.5. The molecule has 0 atom stereocenters. The van der Waals surface area contributed by atoms with Crippen LogP contribution < -0.4 is 20.5 Å². The van der Waals surface area contributed by atoms with Gasteiger partial charge in [0.05, 0.1) is 14.2 Å². The normalized spacial score (nSPS) is 10.0. The lowest BCUT2D eigenvalue weighted by Crippen LogP contribution is -2.04. The Kier molecular flexibility index (Phi) is 4.02. The Morgan fingerprint density at radius 3 is 2.68 bits per heavy atom. The molecule has 2 aromatic rings. The van der Waals surface area contributed by atoms with Crippen LogP contribution in [-0.2, 0) is 6.54 Å². The predicted molar refractivity (Wildman–Crippen MR) is 73.3 cm³/mol. The van der Waals surface area contributed by atoms with Crippen LogP contribution in [-0.4, -0.2) is 24.2 Å². The molecule has 1 aromatic carbocycles. The van der Waals surface area contributed by atoms with Crippen molar-refractivity contribution in [3.8, 4) is 11.5 Å². The average molecular weight is 260 g/mol. The number of anilines is 2. The molecule has 6 nitrogen and oxygen atoms in total. The Bertz CT molecular complexity index is 560. The fourth-order valence-electron chi connectivity index (χ4n) is 1.65. The summed E-state index contributed by atoms with van der Waals surface area (Å²) in [4.78, 5) is 7.91. The van der Waals surface area contributed by atoms with Gasteiger partial charge in [0.1, 0.15) is 29.5 Å². The van der Waals surface area contributed by atoms with Crippen LogP contribution in [0.3, 0.4) is 0 Å². The minimum absolute atomic E-state index is 0.430. The summed E-state index contributed by atoms with van der Waals surface area (Å²) in [7, 11) is 3.25. The smallest absolute Gasteiger partial charge is 0.131 e. The first kappa shape index (κ1) is 12.9. The van der Waals surface area contributed by atoms with Gasteiger partial charge in [0.2, 0.25) is 0 Å². The maximum atomic E-state index is 5.59. The molecule has 0 unspecified atom stereocenters. The zero-order valence-corrected chi connectivity index (χ0v) is 10.9. The van der Waals surface area contributed by atoms with Gasteiger partial charge >= 0.3 is 0 Å².